The zero-order chi connectivity index (χ0) is 25.4. The number of hydrogen-bond acceptors (Lipinski definition) is 5. The van der Waals surface area contributed by atoms with Gasteiger partial charge in [-0.1, -0.05) is 18.2 Å². The third kappa shape index (κ3) is 4.67. The Balaban J connectivity index is 1.32. The van der Waals surface area contributed by atoms with Crippen LogP contribution in [0, 0.1) is 13.8 Å². The summed E-state index contributed by atoms with van der Waals surface area (Å²) in [6.45, 7) is 3.67. The highest BCUT2D eigenvalue weighted by Crippen LogP contribution is 2.33. The van der Waals surface area contributed by atoms with Crippen molar-refractivity contribution in [1.82, 2.24) is 14.4 Å². The lowest BCUT2D eigenvalue weighted by atomic mass is 10.1. The van der Waals surface area contributed by atoms with E-state index in [1.165, 1.54) is 17.5 Å². The fourth-order valence-electron chi connectivity index (χ4n) is 3.82. The molecular weight excluding hydrogens is 487 g/mol. The van der Waals surface area contributed by atoms with Gasteiger partial charge in [-0.25, -0.2) is 9.97 Å². The van der Waals surface area contributed by atoms with Crippen LogP contribution in [-0.2, 0) is 6.18 Å². The van der Waals surface area contributed by atoms with Crippen LogP contribution < -0.4 is 10.6 Å². The second-order valence-corrected chi connectivity index (χ2v) is 9.05. The van der Waals surface area contributed by atoms with Gasteiger partial charge in [-0.3, -0.25) is 9.20 Å². The lowest BCUT2D eigenvalue weighted by Gasteiger charge is -2.09. The number of alkyl halides is 3. The van der Waals surface area contributed by atoms with E-state index in [0.29, 0.717) is 27.8 Å². The molecule has 0 fully saturated rings. The molecular formula is C26H20F3N5OS. The number of para-hydroxylation sites is 1. The molecule has 5 aromatic rings. The molecule has 3 aromatic heterocycles. The van der Waals surface area contributed by atoms with Gasteiger partial charge in [0.15, 0.2) is 5.13 Å². The van der Waals surface area contributed by atoms with Crippen molar-refractivity contribution in [3.8, 4) is 11.4 Å². The number of imidazole rings is 1. The molecule has 182 valence electrons. The molecule has 0 unspecified atom stereocenters. The number of carbonyl (C=O) groups is 1. The number of carbonyl (C=O) groups excluding carboxylic acids is 1. The van der Waals surface area contributed by atoms with Crippen molar-refractivity contribution in [3.63, 3.8) is 0 Å². The molecule has 3 heterocycles. The predicted octanol–water partition coefficient (Wildman–Crippen LogP) is 7.09. The lowest BCUT2D eigenvalue weighted by molar-refractivity contribution is -0.137. The van der Waals surface area contributed by atoms with Gasteiger partial charge in [-0.15, -0.1) is 11.3 Å². The summed E-state index contributed by atoms with van der Waals surface area (Å²) >= 11 is 1.36. The van der Waals surface area contributed by atoms with E-state index in [9.17, 15) is 18.0 Å². The molecule has 0 radical (unpaired) electrons. The van der Waals surface area contributed by atoms with Crippen LogP contribution in [0.25, 0.3) is 17.0 Å². The minimum Gasteiger partial charge on any atom is -0.332 e. The number of pyridine rings is 1. The van der Waals surface area contributed by atoms with Gasteiger partial charge in [0.2, 0.25) is 0 Å². The van der Waals surface area contributed by atoms with Gasteiger partial charge >= 0.3 is 6.18 Å². The van der Waals surface area contributed by atoms with Gasteiger partial charge in [-0.05, 0) is 61.9 Å². The van der Waals surface area contributed by atoms with Crippen LogP contribution in [0.15, 0.2) is 72.2 Å². The van der Waals surface area contributed by atoms with E-state index in [-0.39, 0.29) is 11.6 Å². The molecule has 0 aliphatic heterocycles. The maximum absolute atomic E-state index is 13.1. The Kier molecular flexibility index (Phi) is 5.97. The zero-order valence-electron chi connectivity index (χ0n) is 19.2. The molecule has 6 nitrogen and oxygen atoms in total. The van der Waals surface area contributed by atoms with Gasteiger partial charge in [0.1, 0.15) is 11.3 Å². The molecule has 0 atom stereocenters. The van der Waals surface area contributed by atoms with Crippen molar-refractivity contribution >= 4 is 39.4 Å². The first-order valence-electron chi connectivity index (χ1n) is 10.9. The second kappa shape index (κ2) is 9.12. The smallest absolute Gasteiger partial charge is 0.332 e. The number of rotatable bonds is 5. The number of aromatic nitrogens is 3. The van der Waals surface area contributed by atoms with Crippen LogP contribution in [0.3, 0.4) is 0 Å². The van der Waals surface area contributed by atoms with Gasteiger partial charge in [0, 0.05) is 28.5 Å². The van der Waals surface area contributed by atoms with Crippen molar-refractivity contribution in [1.29, 1.82) is 0 Å². The summed E-state index contributed by atoms with van der Waals surface area (Å²) in [5.74, 6) is -0.204. The van der Waals surface area contributed by atoms with Crippen molar-refractivity contribution < 1.29 is 18.0 Å². The van der Waals surface area contributed by atoms with Crippen LogP contribution in [0.5, 0.6) is 0 Å². The summed E-state index contributed by atoms with van der Waals surface area (Å²) in [6, 6.07) is 16.6. The van der Waals surface area contributed by atoms with Gasteiger partial charge < -0.3 is 10.6 Å². The summed E-state index contributed by atoms with van der Waals surface area (Å²) < 4.78 is 40.8. The average Bonchev–Trinajstić information content (AvgIpc) is 3.42. The molecule has 0 spiro atoms. The lowest BCUT2D eigenvalue weighted by Crippen LogP contribution is -2.12. The van der Waals surface area contributed by atoms with Gasteiger partial charge in [0.05, 0.1) is 17.0 Å². The summed E-state index contributed by atoms with van der Waals surface area (Å²) in [5, 5.41) is 8.53. The van der Waals surface area contributed by atoms with E-state index < -0.39 is 11.7 Å². The largest absolute Gasteiger partial charge is 0.416 e. The van der Waals surface area contributed by atoms with E-state index in [1.807, 2.05) is 36.6 Å². The second-order valence-electron chi connectivity index (χ2n) is 8.20. The fraction of sp³-hybridized carbons (Fsp3) is 0.115. The highest BCUT2D eigenvalue weighted by molar-refractivity contribution is 7.14. The third-order valence-electron chi connectivity index (χ3n) is 5.67. The Morgan fingerprint density at radius 2 is 1.75 bits per heavy atom. The van der Waals surface area contributed by atoms with Crippen LogP contribution in [0.4, 0.5) is 29.7 Å². The van der Waals surface area contributed by atoms with Gasteiger partial charge in [-0.2, -0.15) is 13.2 Å². The molecule has 0 bridgehead atoms. The monoisotopic (exact) mass is 507 g/mol. The SMILES string of the molecule is Cc1ccccc1NC(=O)c1ccc(Nc2nc(-c3c(C)nc4cc(C(F)(F)F)ccn34)cs2)cc1. The van der Waals surface area contributed by atoms with Crippen LogP contribution in [-0.4, -0.2) is 20.3 Å². The van der Waals surface area contributed by atoms with Crippen molar-refractivity contribution in [2.24, 2.45) is 0 Å². The molecule has 2 N–H and O–H groups in total. The van der Waals surface area contributed by atoms with E-state index >= 15 is 0 Å². The summed E-state index contributed by atoms with van der Waals surface area (Å²) in [4.78, 5) is 21.5. The maximum atomic E-state index is 13.1. The molecule has 0 saturated heterocycles. The number of benzene rings is 2. The Morgan fingerprint density at radius 3 is 2.47 bits per heavy atom. The maximum Gasteiger partial charge on any atom is 0.416 e. The Hall–Kier alpha value is -4.18. The minimum absolute atomic E-state index is 0.204. The third-order valence-corrected chi connectivity index (χ3v) is 6.42. The molecule has 2 aromatic carbocycles. The molecule has 0 aliphatic rings. The normalized spacial score (nSPS) is 11.6. The number of halogens is 3. The first-order chi connectivity index (χ1) is 17.2. The first kappa shape index (κ1) is 23.6. The highest BCUT2D eigenvalue weighted by atomic mass is 32.1. The minimum atomic E-state index is -4.43. The number of thiazole rings is 1. The molecule has 5 rings (SSSR count). The summed E-state index contributed by atoms with van der Waals surface area (Å²) in [5.41, 5.74) is 4.27. The number of anilines is 3. The molecule has 36 heavy (non-hydrogen) atoms. The number of amides is 1. The first-order valence-corrected chi connectivity index (χ1v) is 11.8. The van der Waals surface area contributed by atoms with Crippen LogP contribution >= 0.6 is 11.3 Å². The Morgan fingerprint density at radius 1 is 1.00 bits per heavy atom. The van der Waals surface area contributed by atoms with Crippen molar-refractivity contribution in [3.05, 3.63) is 94.6 Å². The molecule has 1 amide bonds. The number of nitrogens with one attached hydrogen (secondary N) is 2. The summed E-state index contributed by atoms with van der Waals surface area (Å²) in [7, 11) is 0. The number of fused-ring (bicyclic) bond motifs is 1. The number of nitrogens with zero attached hydrogens (tertiary/aromatic N) is 3. The van der Waals surface area contributed by atoms with Crippen molar-refractivity contribution in [2.45, 2.75) is 20.0 Å². The summed E-state index contributed by atoms with van der Waals surface area (Å²) in [6.07, 6.45) is -3.07. The standard InChI is InChI=1S/C26H20F3N5OS/c1-15-5-3-4-6-20(15)32-24(35)17-7-9-19(10-8-17)31-25-33-21(14-36-25)23-16(2)30-22-13-18(26(27,28)29)11-12-34(22)23/h3-14H,1-2H3,(H,31,33)(H,32,35). The van der Waals surface area contributed by atoms with Gasteiger partial charge in [0.25, 0.3) is 5.91 Å². The molecule has 10 heteroatoms. The van der Waals surface area contributed by atoms with E-state index in [0.717, 1.165) is 29.1 Å². The Bertz CT molecular complexity index is 1570. The number of aryl methyl sites for hydroxylation is 2. The van der Waals surface area contributed by atoms with E-state index in [4.69, 9.17) is 0 Å². The average molecular weight is 508 g/mol. The van der Waals surface area contributed by atoms with Crippen LogP contribution in [0.1, 0.15) is 27.2 Å². The number of hydrogen-bond donors (Lipinski definition) is 2. The zero-order valence-corrected chi connectivity index (χ0v) is 20.0. The topological polar surface area (TPSA) is 71.3 Å². The fourth-order valence-corrected chi connectivity index (χ4v) is 4.54. The Labute approximate surface area is 208 Å². The van der Waals surface area contributed by atoms with E-state index in [2.05, 4.69) is 20.6 Å². The molecule has 0 aliphatic carbocycles. The molecule has 0 saturated carbocycles. The van der Waals surface area contributed by atoms with Crippen LogP contribution in [0.2, 0.25) is 0 Å². The quantitative estimate of drug-likeness (QED) is 0.266. The highest BCUT2D eigenvalue weighted by Gasteiger charge is 2.31. The van der Waals surface area contributed by atoms with E-state index in [1.54, 1.807) is 35.6 Å². The van der Waals surface area contributed by atoms with Crippen molar-refractivity contribution in [2.75, 3.05) is 10.6 Å². The predicted molar refractivity (Wildman–Crippen MR) is 135 cm³/mol.